The van der Waals surface area contributed by atoms with Crippen molar-refractivity contribution in [3.63, 3.8) is 0 Å². The summed E-state index contributed by atoms with van der Waals surface area (Å²) in [6, 6.07) is 3.73. The molecule has 1 heterocycles. The Morgan fingerprint density at radius 3 is 2.79 bits per heavy atom. The predicted octanol–water partition coefficient (Wildman–Crippen LogP) is 2.12. The van der Waals surface area contributed by atoms with Crippen LogP contribution in [0.3, 0.4) is 0 Å². The Kier molecular flexibility index (Phi) is 3.23. The summed E-state index contributed by atoms with van der Waals surface area (Å²) in [7, 11) is 0. The van der Waals surface area contributed by atoms with Gasteiger partial charge < -0.3 is 5.11 Å². The topological polar surface area (TPSA) is 50.2 Å². The molecule has 3 nitrogen and oxygen atoms in total. The van der Waals surface area contributed by atoms with Crippen LogP contribution in [0.25, 0.3) is 0 Å². The summed E-state index contributed by atoms with van der Waals surface area (Å²) < 4.78 is 0. The number of carbonyl (C=O) groups is 1. The van der Waals surface area contributed by atoms with Gasteiger partial charge in [-0.05, 0) is 31.4 Å². The first kappa shape index (κ1) is 10.7. The van der Waals surface area contributed by atoms with E-state index in [1.54, 1.807) is 19.3 Å². The van der Waals surface area contributed by atoms with E-state index in [-0.39, 0.29) is 0 Å². The zero-order chi connectivity index (χ0) is 10.6. The molecule has 1 aromatic rings. The Labute approximate surface area is 83.8 Å². The third kappa shape index (κ3) is 2.31. The lowest BCUT2D eigenvalue weighted by Gasteiger charge is -2.22. The zero-order valence-electron chi connectivity index (χ0n) is 8.53. The van der Waals surface area contributed by atoms with Gasteiger partial charge >= 0.3 is 5.97 Å². The molecular weight excluding hydrogens is 178 g/mol. The molecule has 1 unspecified atom stereocenters. The van der Waals surface area contributed by atoms with Crippen molar-refractivity contribution >= 4 is 5.97 Å². The van der Waals surface area contributed by atoms with E-state index in [9.17, 15) is 4.79 Å². The molecule has 3 heteroatoms. The Balaban J connectivity index is 2.81. The molecule has 0 aliphatic heterocycles. The quantitative estimate of drug-likeness (QED) is 0.796. The number of aromatic nitrogens is 1. The van der Waals surface area contributed by atoms with E-state index in [0.29, 0.717) is 12.8 Å². The van der Waals surface area contributed by atoms with Gasteiger partial charge in [0.25, 0.3) is 0 Å². The van der Waals surface area contributed by atoms with E-state index in [0.717, 1.165) is 5.56 Å². The number of carboxylic acid groups (broad SMARTS) is 1. The number of hydrogen-bond acceptors (Lipinski definition) is 2. The summed E-state index contributed by atoms with van der Waals surface area (Å²) in [6.45, 7) is 3.66. The number of rotatable bonds is 4. The second-order valence-electron chi connectivity index (χ2n) is 3.76. The van der Waals surface area contributed by atoms with Gasteiger partial charge in [-0.25, -0.2) is 0 Å². The fraction of sp³-hybridized carbons (Fsp3) is 0.455. The lowest BCUT2D eigenvalue weighted by atomic mass is 9.82. The van der Waals surface area contributed by atoms with Crippen LogP contribution < -0.4 is 0 Å². The van der Waals surface area contributed by atoms with Crippen LogP contribution >= 0.6 is 0 Å². The highest BCUT2D eigenvalue weighted by Gasteiger charge is 2.31. The van der Waals surface area contributed by atoms with Crippen LogP contribution in [0.2, 0.25) is 0 Å². The summed E-state index contributed by atoms with van der Waals surface area (Å²) in [5.41, 5.74) is 0.294. The van der Waals surface area contributed by atoms with Crippen LogP contribution in [0.15, 0.2) is 24.5 Å². The SMILES string of the molecule is CCC(C)(Cc1cccnc1)C(=O)O. The van der Waals surface area contributed by atoms with Crippen molar-refractivity contribution in [2.24, 2.45) is 5.41 Å². The lowest BCUT2D eigenvalue weighted by Crippen LogP contribution is -2.29. The average molecular weight is 193 g/mol. The standard InChI is InChI=1S/C11H15NO2/c1-3-11(2,10(13)14)7-9-5-4-6-12-8-9/h4-6,8H,3,7H2,1-2H3,(H,13,14). The maximum absolute atomic E-state index is 11.0. The molecule has 0 aliphatic rings. The normalized spacial score (nSPS) is 14.7. The fourth-order valence-electron chi connectivity index (χ4n) is 1.31. The number of aliphatic carboxylic acids is 1. The molecular formula is C11H15NO2. The molecule has 0 saturated heterocycles. The van der Waals surface area contributed by atoms with Crippen molar-refractivity contribution in [2.75, 3.05) is 0 Å². The maximum atomic E-state index is 11.0. The van der Waals surface area contributed by atoms with Gasteiger partial charge in [0, 0.05) is 12.4 Å². The largest absolute Gasteiger partial charge is 0.481 e. The van der Waals surface area contributed by atoms with E-state index in [4.69, 9.17) is 5.11 Å². The molecule has 0 saturated carbocycles. The van der Waals surface area contributed by atoms with Gasteiger partial charge in [-0.3, -0.25) is 9.78 Å². The third-order valence-electron chi connectivity index (χ3n) is 2.61. The van der Waals surface area contributed by atoms with Crippen molar-refractivity contribution in [2.45, 2.75) is 26.7 Å². The minimum Gasteiger partial charge on any atom is -0.481 e. The van der Waals surface area contributed by atoms with E-state index >= 15 is 0 Å². The average Bonchev–Trinajstić information content (AvgIpc) is 2.19. The van der Waals surface area contributed by atoms with Gasteiger partial charge in [0.05, 0.1) is 5.41 Å². The Hall–Kier alpha value is -1.38. The molecule has 0 bridgehead atoms. The highest BCUT2D eigenvalue weighted by Crippen LogP contribution is 2.26. The molecule has 76 valence electrons. The molecule has 0 spiro atoms. The van der Waals surface area contributed by atoms with E-state index in [1.165, 1.54) is 0 Å². The minimum absolute atomic E-state index is 0.534. The van der Waals surface area contributed by atoms with E-state index in [1.807, 2.05) is 19.1 Å². The van der Waals surface area contributed by atoms with Crippen molar-refractivity contribution in [3.05, 3.63) is 30.1 Å². The highest BCUT2D eigenvalue weighted by atomic mass is 16.4. The summed E-state index contributed by atoms with van der Waals surface area (Å²) in [4.78, 5) is 15.0. The van der Waals surface area contributed by atoms with Crippen molar-refractivity contribution in [1.29, 1.82) is 0 Å². The van der Waals surface area contributed by atoms with Crippen LogP contribution in [-0.2, 0) is 11.2 Å². The van der Waals surface area contributed by atoms with Gasteiger partial charge in [0.15, 0.2) is 0 Å². The first-order valence-electron chi connectivity index (χ1n) is 4.71. The van der Waals surface area contributed by atoms with Crippen molar-refractivity contribution in [1.82, 2.24) is 4.98 Å². The van der Waals surface area contributed by atoms with Crippen LogP contribution in [0, 0.1) is 5.41 Å². The van der Waals surface area contributed by atoms with Gasteiger partial charge in [0.1, 0.15) is 0 Å². The Bertz CT molecular complexity index is 310. The number of nitrogens with zero attached hydrogens (tertiary/aromatic N) is 1. The summed E-state index contributed by atoms with van der Waals surface area (Å²) >= 11 is 0. The monoisotopic (exact) mass is 193 g/mol. The Morgan fingerprint density at radius 1 is 1.64 bits per heavy atom. The molecule has 0 radical (unpaired) electrons. The molecule has 0 aliphatic carbocycles. The molecule has 0 amide bonds. The van der Waals surface area contributed by atoms with Crippen LogP contribution in [-0.4, -0.2) is 16.1 Å². The zero-order valence-corrected chi connectivity index (χ0v) is 8.53. The number of hydrogen-bond donors (Lipinski definition) is 1. The predicted molar refractivity (Wildman–Crippen MR) is 54.0 cm³/mol. The molecule has 1 rings (SSSR count). The summed E-state index contributed by atoms with van der Waals surface area (Å²) in [5.74, 6) is -0.746. The minimum atomic E-state index is -0.746. The molecule has 1 aromatic heterocycles. The molecule has 1 N–H and O–H groups in total. The van der Waals surface area contributed by atoms with Crippen LogP contribution in [0.5, 0.6) is 0 Å². The van der Waals surface area contributed by atoms with Crippen LogP contribution in [0.1, 0.15) is 25.8 Å². The van der Waals surface area contributed by atoms with Crippen LogP contribution in [0.4, 0.5) is 0 Å². The van der Waals surface area contributed by atoms with Crippen molar-refractivity contribution in [3.8, 4) is 0 Å². The van der Waals surface area contributed by atoms with Gasteiger partial charge in [-0.15, -0.1) is 0 Å². The van der Waals surface area contributed by atoms with Gasteiger partial charge in [-0.2, -0.15) is 0 Å². The summed E-state index contributed by atoms with van der Waals surface area (Å²) in [5, 5.41) is 9.07. The second-order valence-corrected chi connectivity index (χ2v) is 3.76. The molecule has 0 fully saturated rings. The van der Waals surface area contributed by atoms with Gasteiger partial charge in [0.2, 0.25) is 0 Å². The third-order valence-corrected chi connectivity index (χ3v) is 2.61. The van der Waals surface area contributed by atoms with E-state index < -0.39 is 11.4 Å². The lowest BCUT2D eigenvalue weighted by molar-refractivity contribution is -0.148. The molecule has 1 atom stereocenters. The second kappa shape index (κ2) is 4.22. The first-order valence-corrected chi connectivity index (χ1v) is 4.71. The molecule has 14 heavy (non-hydrogen) atoms. The van der Waals surface area contributed by atoms with Crippen molar-refractivity contribution < 1.29 is 9.90 Å². The number of carboxylic acids is 1. The number of pyridine rings is 1. The Morgan fingerprint density at radius 2 is 2.36 bits per heavy atom. The molecule has 0 aromatic carbocycles. The van der Waals surface area contributed by atoms with Gasteiger partial charge in [-0.1, -0.05) is 13.0 Å². The maximum Gasteiger partial charge on any atom is 0.309 e. The summed E-state index contributed by atoms with van der Waals surface area (Å²) in [6.07, 6.45) is 4.56. The first-order chi connectivity index (χ1) is 6.58. The highest BCUT2D eigenvalue weighted by molar-refractivity contribution is 5.74. The fourth-order valence-corrected chi connectivity index (χ4v) is 1.31. The van der Waals surface area contributed by atoms with E-state index in [2.05, 4.69) is 4.98 Å². The smallest absolute Gasteiger partial charge is 0.309 e.